The Kier molecular flexibility index (Phi) is 3.56. The Hall–Kier alpha value is -1.24. The Morgan fingerprint density at radius 1 is 1.06 bits per heavy atom. The summed E-state index contributed by atoms with van der Waals surface area (Å²) in [5, 5.41) is 2.73. The van der Waals surface area contributed by atoms with Gasteiger partial charge in [-0.1, -0.05) is 32.4 Å². The smallest absolute Gasteiger partial charge is 0.0274 e. The van der Waals surface area contributed by atoms with Gasteiger partial charge in [-0.2, -0.15) is 0 Å². The summed E-state index contributed by atoms with van der Waals surface area (Å²) in [5.41, 5.74) is 1.47. The maximum absolute atomic E-state index is 2.36. The third kappa shape index (κ3) is 2.54. The molecule has 0 fully saturated rings. The fourth-order valence-electron chi connectivity index (χ4n) is 2.39. The van der Waals surface area contributed by atoms with E-state index in [0.717, 1.165) is 0 Å². The molecule has 1 nitrogen and oxygen atoms in total. The molecule has 0 spiro atoms. The first kappa shape index (κ1) is 12.2. The lowest BCUT2D eigenvalue weighted by Crippen LogP contribution is -1.95. The first-order chi connectivity index (χ1) is 8.11. The molecule has 0 bridgehead atoms. The Balaban J connectivity index is 2.36. The van der Waals surface area contributed by atoms with Crippen LogP contribution in [0.25, 0.3) is 10.8 Å². The molecule has 1 atom stereocenters. The van der Waals surface area contributed by atoms with Gasteiger partial charge in [0.1, 0.15) is 0 Å². The van der Waals surface area contributed by atoms with Crippen molar-refractivity contribution < 1.29 is 0 Å². The summed E-state index contributed by atoms with van der Waals surface area (Å²) in [5.74, 6) is 0.673. The van der Waals surface area contributed by atoms with Gasteiger partial charge in [0.25, 0.3) is 0 Å². The van der Waals surface area contributed by atoms with Crippen molar-refractivity contribution in [2.75, 3.05) is 0 Å². The van der Waals surface area contributed by atoms with Crippen LogP contribution in [0.2, 0.25) is 0 Å². The van der Waals surface area contributed by atoms with E-state index < -0.39 is 0 Å². The Morgan fingerprint density at radius 3 is 2.41 bits per heavy atom. The van der Waals surface area contributed by atoms with Crippen LogP contribution >= 0.6 is 0 Å². The van der Waals surface area contributed by atoms with Gasteiger partial charge in [-0.05, 0) is 48.6 Å². The van der Waals surface area contributed by atoms with E-state index in [0.29, 0.717) is 12.0 Å². The van der Waals surface area contributed by atoms with Crippen LogP contribution in [-0.4, -0.2) is 4.57 Å². The molecule has 1 heterocycles. The van der Waals surface area contributed by atoms with Gasteiger partial charge < -0.3 is 4.57 Å². The normalized spacial score (nSPS) is 13.5. The molecule has 1 heteroatoms. The molecule has 0 aliphatic rings. The molecular formula is C16H23N. The van der Waals surface area contributed by atoms with E-state index in [4.69, 9.17) is 0 Å². The van der Waals surface area contributed by atoms with E-state index in [1.54, 1.807) is 0 Å². The van der Waals surface area contributed by atoms with Gasteiger partial charge >= 0.3 is 0 Å². The number of aromatic nitrogens is 1. The lowest BCUT2D eigenvalue weighted by molar-refractivity contribution is 0.606. The van der Waals surface area contributed by atoms with Crippen LogP contribution in [-0.2, 0) is 0 Å². The summed E-state index contributed by atoms with van der Waals surface area (Å²) >= 11 is 0. The maximum atomic E-state index is 2.36. The van der Waals surface area contributed by atoms with Gasteiger partial charge in [0.05, 0.1) is 0 Å². The predicted octanol–water partition coefficient (Wildman–Crippen LogP) is 5.13. The van der Waals surface area contributed by atoms with Crippen molar-refractivity contribution in [1.82, 2.24) is 4.57 Å². The van der Waals surface area contributed by atoms with Crippen molar-refractivity contribution in [2.45, 2.75) is 52.5 Å². The Bertz CT molecular complexity index is 493. The first-order valence-electron chi connectivity index (χ1n) is 6.73. The molecule has 0 saturated heterocycles. The summed E-state index contributed by atoms with van der Waals surface area (Å²) < 4.78 is 2.29. The van der Waals surface area contributed by atoms with Gasteiger partial charge in [0.2, 0.25) is 0 Å². The largest absolute Gasteiger partial charge is 0.351 e. The number of hydrogen-bond acceptors (Lipinski definition) is 0. The van der Waals surface area contributed by atoms with Crippen LogP contribution in [0.3, 0.4) is 0 Å². The van der Waals surface area contributed by atoms with E-state index in [9.17, 15) is 0 Å². The molecule has 92 valence electrons. The number of fused-ring (bicyclic) bond motifs is 1. The predicted molar refractivity (Wildman–Crippen MR) is 75.6 cm³/mol. The molecule has 1 aromatic heterocycles. The van der Waals surface area contributed by atoms with Gasteiger partial charge in [0.15, 0.2) is 0 Å². The topological polar surface area (TPSA) is 4.93 Å². The molecule has 2 rings (SSSR count). The summed E-state index contributed by atoms with van der Waals surface area (Å²) in [7, 11) is 0. The van der Waals surface area contributed by atoms with Crippen LogP contribution in [0.15, 0.2) is 30.6 Å². The lowest BCUT2D eigenvalue weighted by atomic mass is 9.95. The van der Waals surface area contributed by atoms with Gasteiger partial charge in [-0.3, -0.25) is 0 Å². The highest BCUT2D eigenvalue weighted by Crippen LogP contribution is 2.26. The summed E-state index contributed by atoms with van der Waals surface area (Å²) in [6.07, 6.45) is 7.04. The van der Waals surface area contributed by atoms with Crippen molar-refractivity contribution in [3.63, 3.8) is 0 Å². The second-order valence-corrected chi connectivity index (χ2v) is 5.38. The summed E-state index contributed by atoms with van der Waals surface area (Å²) in [4.78, 5) is 0. The average molecular weight is 229 g/mol. The van der Waals surface area contributed by atoms with Crippen molar-refractivity contribution in [3.05, 3.63) is 36.2 Å². The zero-order valence-electron chi connectivity index (χ0n) is 11.4. The number of hydrogen-bond donors (Lipinski definition) is 0. The van der Waals surface area contributed by atoms with E-state index >= 15 is 0 Å². The molecule has 17 heavy (non-hydrogen) atoms. The van der Waals surface area contributed by atoms with Crippen molar-refractivity contribution in [1.29, 1.82) is 0 Å². The molecule has 0 saturated carbocycles. The molecular weight excluding hydrogens is 206 g/mol. The van der Waals surface area contributed by atoms with Crippen LogP contribution in [0, 0.1) is 0 Å². The molecule has 2 aromatic rings. The van der Waals surface area contributed by atoms with Crippen molar-refractivity contribution in [2.24, 2.45) is 0 Å². The number of rotatable bonds is 4. The molecule has 1 unspecified atom stereocenters. The highest BCUT2D eigenvalue weighted by molar-refractivity contribution is 5.83. The second kappa shape index (κ2) is 4.95. The summed E-state index contributed by atoms with van der Waals surface area (Å²) in [6, 6.07) is 7.44. The zero-order chi connectivity index (χ0) is 12.4. The lowest BCUT2D eigenvalue weighted by Gasteiger charge is -2.10. The van der Waals surface area contributed by atoms with Gasteiger partial charge in [-0.15, -0.1) is 0 Å². The Labute approximate surface area is 104 Å². The highest BCUT2D eigenvalue weighted by Gasteiger charge is 2.07. The van der Waals surface area contributed by atoms with Crippen LogP contribution in [0.5, 0.6) is 0 Å². The monoisotopic (exact) mass is 229 g/mol. The fraction of sp³-hybridized carbons (Fsp3) is 0.500. The SMILES string of the molecule is CCCC(C)c1ccc2cn(C(C)C)cc2c1. The molecule has 0 amide bonds. The van der Waals surface area contributed by atoms with Crippen LogP contribution in [0.4, 0.5) is 0 Å². The zero-order valence-corrected chi connectivity index (χ0v) is 11.4. The molecule has 0 N–H and O–H groups in total. The maximum Gasteiger partial charge on any atom is 0.0274 e. The van der Waals surface area contributed by atoms with E-state index in [-0.39, 0.29) is 0 Å². The fourth-order valence-corrected chi connectivity index (χ4v) is 2.39. The highest BCUT2D eigenvalue weighted by atomic mass is 15.0. The standard InChI is InChI=1S/C16H23N/c1-5-6-13(4)14-7-8-15-10-17(12(2)3)11-16(15)9-14/h7-13H,5-6H2,1-4H3. The third-order valence-corrected chi connectivity index (χ3v) is 3.57. The van der Waals surface area contributed by atoms with Crippen LogP contribution < -0.4 is 0 Å². The molecule has 0 aliphatic heterocycles. The van der Waals surface area contributed by atoms with E-state index in [2.05, 4.69) is 62.9 Å². The quantitative estimate of drug-likeness (QED) is 0.685. The van der Waals surface area contributed by atoms with Gasteiger partial charge in [0, 0.05) is 18.4 Å². The minimum absolute atomic E-state index is 0.541. The van der Waals surface area contributed by atoms with Gasteiger partial charge in [-0.25, -0.2) is 0 Å². The molecule has 1 aromatic carbocycles. The minimum Gasteiger partial charge on any atom is -0.351 e. The first-order valence-corrected chi connectivity index (χ1v) is 6.73. The minimum atomic E-state index is 0.541. The Morgan fingerprint density at radius 2 is 1.76 bits per heavy atom. The average Bonchev–Trinajstić information content (AvgIpc) is 2.71. The van der Waals surface area contributed by atoms with Crippen molar-refractivity contribution >= 4 is 10.8 Å². The van der Waals surface area contributed by atoms with Crippen molar-refractivity contribution in [3.8, 4) is 0 Å². The number of benzene rings is 1. The molecule has 0 aliphatic carbocycles. The van der Waals surface area contributed by atoms with E-state index in [1.807, 2.05) is 0 Å². The third-order valence-electron chi connectivity index (χ3n) is 3.57. The van der Waals surface area contributed by atoms with Crippen LogP contribution in [0.1, 0.15) is 58.1 Å². The molecule has 0 radical (unpaired) electrons. The summed E-state index contributed by atoms with van der Waals surface area (Å²) in [6.45, 7) is 9.02. The van der Waals surface area contributed by atoms with E-state index in [1.165, 1.54) is 29.2 Å². The second-order valence-electron chi connectivity index (χ2n) is 5.38. The number of nitrogens with zero attached hydrogens (tertiary/aromatic N) is 1.